The van der Waals surface area contributed by atoms with Gasteiger partial charge in [-0.25, -0.2) is 14.4 Å². The van der Waals surface area contributed by atoms with Crippen LogP contribution in [0.5, 0.6) is 0 Å². The molecule has 0 spiro atoms. The Hall–Kier alpha value is -3.54. The largest absolute Gasteiger partial charge is 0.419 e. The maximum atomic E-state index is 13.7. The van der Waals surface area contributed by atoms with Crippen LogP contribution in [0.2, 0.25) is 5.02 Å². The number of aromatic amines is 1. The van der Waals surface area contributed by atoms with E-state index < -0.39 is 29.3 Å². The van der Waals surface area contributed by atoms with Crippen molar-refractivity contribution in [1.82, 2.24) is 15.0 Å². The van der Waals surface area contributed by atoms with Gasteiger partial charge in [0.2, 0.25) is 5.95 Å². The van der Waals surface area contributed by atoms with Crippen LogP contribution in [-0.4, -0.2) is 41.1 Å². The van der Waals surface area contributed by atoms with Gasteiger partial charge in [-0.15, -0.1) is 0 Å². The molecule has 0 amide bonds. The summed E-state index contributed by atoms with van der Waals surface area (Å²) < 4.78 is 94.7. The zero-order chi connectivity index (χ0) is 26.5. The summed E-state index contributed by atoms with van der Waals surface area (Å²) in [5, 5.41) is -0.248. The highest BCUT2D eigenvalue weighted by Crippen LogP contribution is 2.39. The Morgan fingerprint density at radius 3 is 2.22 bits per heavy atom. The zero-order valence-corrected chi connectivity index (χ0v) is 19.5. The highest BCUT2D eigenvalue weighted by molar-refractivity contribution is 6.31. The fourth-order valence-corrected chi connectivity index (χ4v) is 4.48. The van der Waals surface area contributed by atoms with Gasteiger partial charge in [-0.3, -0.25) is 0 Å². The number of nitrogens with zero attached hydrogens (tertiary/aromatic N) is 4. The SMILES string of the molecule is Fc1ccc(-c2cc(C(F)(F)F)cc3[nH]c(N4CCN(c5ncccc5C(F)(F)F)CC4)nc23)cc1Cl. The molecule has 2 aromatic carbocycles. The lowest BCUT2D eigenvalue weighted by Crippen LogP contribution is -2.47. The number of hydrogen-bond acceptors (Lipinski definition) is 4. The number of anilines is 2. The average Bonchev–Trinajstić information content (AvgIpc) is 3.29. The Labute approximate surface area is 210 Å². The van der Waals surface area contributed by atoms with Gasteiger partial charge in [0.25, 0.3) is 0 Å². The van der Waals surface area contributed by atoms with E-state index in [1.807, 2.05) is 0 Å². The second kappa shape index (κ2) is 9.09. The van der Waals surface area contributed by atoms with Crippen LogP contribution in [0.15, 0.2) is 48.7 Å². The van der Waals surface area contributed by atoms with Crippen molar-refractivity contribution in [2.45, 2.75) is 12.4 Å². The summed E-state index contributed by atoms with van der Waals surface area (Å²) in [4.78, 5) is 14.6. The van der Waals surface area contributed by atoms with Gasteiger partial charge in [0.05, 0.1) is 27.2 Å². The Kier molecular flexibility index (Phi) is 6.17. The Morgan fingerprint density at radius 1 is 0.865 bits per heavy atom. The summed E-state index contributed by atoms with van der Waals surface area (Å²) in [5.74, 6) is -0.624. The van der Waals surface area contributed by atoms with Gasteiger partial charge in [0.15, 0.2) is 0 Å². The number of fused-ring (bicyclic) bond motifs is 1. The predicted octanol–water partition coefficient (Wildman–Crippen LogP) is 6.78. The third-order valence-corrected chi connectivity index (χ3v) is 6.39. The van der Waals surface area contributed by atoms with Crippen LogP contribution in [0.4, 0.5) is 42.5 Å². The zero-order valence-electron chi connectivity index (χ0n) is 18.8. The second-order valence-corrected chi connectivity index (χ2v) is 8.86. The van der Waals surface area contributed by atoms with E-state index in [-0.39, 0.29) is 65.1 Å². The first-order valence-electron chi connectivity index (χ1n) is 11.0. The van der Waals surface area contributed by atoms with Gasteiger partial charge in [0, 0.05) is 37.9 Å². The number of pyridine rings is 1. The number of H-pyrrole nitrogens is 1. The van der Waals surface area contributed by atoms with Crippen LogP contribution < -0.4 is 9.80 Å². The minimum absolute atomic E-state index is 0.104. The molecule has 2 aromatic heterocycles. The molecule has 5 rings (SSSR count). The standard InChI is InChI=1S/C24H17ClF7N5/c25-17-10-13(3-4-18(17)26)15-11-14(23(27,28)29)12-19-20(15)35-22(34-19)37-8-6-36(7-9-37)21-16(24(30,31)32)2-1-5-33-21/h1-5,10-12H,6-9H2,(H,34,35). The summed E-state index contributed by atoms with van der Waals surface area (Å²) in [6, 6.07) is 7.64. The molecular formula is C24H17ClF7N5. The highest BCUT2D eigenvalue weighted by Gasteiger charge is 2.37. The molecule has 0 bridgehead atoms. The van der Waals surface area contributed by atoms with E-state index in [2.05, 4.69) is 15.0 Å². The normalized spacial score (nSPS) is 15.0. The van der Waals surface area contributed by atoms with Gasteiger partial charge in [-0.1, -0.05) is 17.7 Å². The molecule has 1 aliphatic heterocycles. The van der Waals surface area contributed by atoms with Crippen molar-refractivity contribution in [3.63, 3.8) is 0 Å². The van der Waals surface area contributed by atoms with E-state index in [1.165, 1.54) is 29.3 Å². The van der Waals surface area contributed by atoms with Gasteiger partial charge in [0.1, 0.15) is 11.6 Å². The minimum atomic E-state index is -4.65. The topological polar surface area (TPSA) is 48.1 Å². The molecule has 0 saturated carbocycles. The molecule has 194 valence electrons. The van der Waals surface area contributed by atoms with Crippen LogP contribution in [0.1, 0.15) is 11.1 Å². The van der Waals surface area contributed by atoms with Crippen LogP contribution >= 0.6 is 11.6 Å². The highest BCUT2D eigenvalue weighted by atomic mass is 35.5. The number of piperazine rings is 1. The molecule has 0 aliphatic carbocycles. The molecule has 0 radical (unpaired) electrons. The molecule has 5 nitrogen and oxygen atoms in total. The molecule has 37 heavy (non-hydrogen) atoms. The first kappa shape index (κ1) is 25.1. The van der Waals surface area contributed by atoms with Crippen molar-refractivity contribution in [1.29, 1.82) is 0 Å². The third kappa shape index (κ3) is 4.89. The summed E-state index contributed by atoms with van der Waals surface area (Å²) in [6.45, 7) is 0.867. The molecule has 1 fully saturated rings. The quantitative estimate of drug-likeness (QED) is 0.289. The van der Waals surface area contributed by atoms with Crippen molar-refractivity contribution < 1.29 is 30.7 Å². The van der Waals surface area contributed by atoms with Crippen LogP contribution in [-0.2, 0) is 12.4 Å². The minimum Gasteiger partial charge on any atom is -0.353 e. The van der Waals surface area contributed by atoms with E-state index in [4.69, 9.17) is 11.6 Å². The van der Waals surface area contributed by atoms with E-state index in [9.17, 15) is 30.7 Å². The Balaban J connectivity index is 1.48. The Bertz CT molecular complexity index is 1460. The lowest BCUT2D eigenvalue weighted by molar-refractivity contribution is -0.138. The van der Waals surface area contributed by atoms with Crippen molar-refractivity contribution in [3.8, 4) is 11.1 Å². The number of benzene rings is 2. The van der Waals surface area contributed by atoms with Crippen LogP contribution in [0.25, 0.3) is 22.2 Å². The molecule has 3 heterocycles. The molecular weight excluding hydrogens is 527 g/mol. The van der Waals surface area contributed by atoms with E-state index in [0.29, 0.717) is 0 Å². The van der Waals surface area contributed by atoms with Gasteiger partial charge in [-0.2, -0.15) is 26.3 Å². The third-order valence-electron chi connectivity index (χ3n) is 6.10. The summed E-state index contributed by atoms with van der Waals surface area (Å²) in [7, 11) is 0. The molecule has 1 aliphatic rings. The first-order valence-corrected chi connectivity index (χ1v) is 11.4. The molecule has 0 unspecified atom stereocenters. The fraction of sp³-hybridized carbons (Fsp3) is 0.250. The van der Waals surface area contributed by atoms with Gasteiger partial charge in [-0.05, 0) is 42.0 Å². The van der Waals surface area contributed by atoms with E-state index in [1.54, 1.807) is 4.90 Å². The van der Waals surface area contributed by atoms with Crippen molar-refractivity contribution in [3.05, 3.63) is 70.6 Å². The second-order valence-electron chi connectivity index (χ2n) is 8.45. The number of hydrogen-bond donors (Lipinski definition) is 1. The molecule has 0 atom stereocenters. The molecule has 13 heteroatoms. The van der Waals surface area contributed by atoms with Gasteiger partial charge >= 0.3 is 12.4 Å². The fourth-order valence-electron chi connectivity index (χ4n) is 4.30. The van der Waals surface area contributed by atoms with Crippen molar-refractivity contribution >= 4 is 34.4 Å². The number of rotatable bonds is 3. The van der Waals surface area contributed by atoms with Crippen LogP contribution in [0, 0.1) is 5.82 Å². The van der Waals surface area contributed by atoms with Gasteiger partial charge < -0.3 is 14.8 Å². The molecule has 1 N–H and O–H groups in total. The lowest BCUT2D eigenvalue weighted by Gasteiger charge is -2.36. The van der Waals surface area contributed by atoms with E-state index >= 15 is 0 Å². The maximum Gasteiger partial charge on any atom is 0.419 e. The maximum absolute atomic E-state index is 13.7. The average molecular weight is 544 g/mol. The number of halogens is 8. The monoisotopic (exact) mass is 543 g/mol. The first-order chi connectivity index (χ1) is 17.4. The van der Waals surface area contributed by atoms with E-state index in [0.717, 1.165) is 24.3 Å². The lowest BCUT2D eigenvalue weighted by atomic mass is 10.0. The number of aromatic nitrogens is 3. The van der Waals surface area contributed by atoms with Crippen molar-refractivity contribution in [2.75, 3.05) is 36.0 Å². The smallest absolute Gasteiger partial charge is 0.353 e. The van der Waals surface area contributed by atoms with Crippen LogP contribution in [0.3, 0.4) is 0 Å². The summed E-state index contributed by atoms with van der Waals surface area (Å²) >= 11 is 5.86. The number of alkyl halides is 6. The number of nitrogens with one attached hydrogen (secondary N) is 1. The number of imidazole rings is 1. The summed E-state index contributed by atoms with van der Waals surface area (Å²) in [6.07, 6.45) is -7.92. The molecule has 4 aromatic rings. The summed E-state index contributed by atoms with van der Waals surface area (Å²) in [5.41, 5.74) is -1.08. The molecule has 1 saturated heterocycles. The predicted molar refractivity (Wildman–Crippen MR) is 125 cm³/mol. The Morgan fingerprint density at radius 2 is 1.57 bits per heavy atom. The van der Waals surface area contributed by atoms with Crippen molar-refractivity contribution in [2.24, 2.45) is 0 Å².